The number of hydrogen-bond acceptors (Lipinski definition) is 5. The summed E-state index contributed by atoms with van der Waals surface area (Å²) in [7, 11) is 0. The highest BCUT2D eigenvalue weighted by atomic mass is 19.1. The first-order chi connectivity index (χ1) is 14.7. The number of aliphatic hydroxyl groups is 1. The molecule has 1 saturated heterocycles. The zero-order valence-corrected chi connectivity index (χ0v) is 17.6. The Balaban J connectivity index is 1.63. The second kappa shape index (κ2) is 7.83. The van der Waals surface area contributed by atoms with Gasteiger partial charge in [0.1, 0.15) is 11.2 Å². The van der Waals surface area contributed by atoms with Gasteiger partial charge in [-0.2, -0.15) is 0 Å². The molecule has 0 bridgehead atoms. The van der Waals surface area contributed by atoms with E-state index in [9.17, 15) is 14.3 Å². The number of aromatic nitrogens is 2. The van der Waals surface area contributed by atoms with Gasteiger partial charge < -0.3 is 15.2 Å². The fourth-order valence-electron chi connectivity index (χ4n) is 3.63. The summed E-state index contributed by atoms with van der Waals surface area (Å²) in [5.41, 5.74) is 2.26. The molecule has 0 saturated carbocycles. The number of anilines is 1. The van der Waals surface area contributed by atoms with Crippen molar-refractivity contribution in [3.8, 4) is 11.3 Å². The van der Waals surface area contributed by atoms with Gasteiger partial charge in [0.25, 0.3) is 0 Å². The van der Waals surface area contributed by atoms with Crippen molar-refractivity contribution in [1.82, 2.24) is 9.97 Å². The number of carbonyl (C=O) groups excluding carboxylic acids is 1. The molecule has 0 aliphatic carbocycles. The lowest BCUT2D eigenvalue weighted by Gasteiger charge is -2.40. The zero-order valence-electron chi connectivity index (χ0n) is 17.6. The summed E-state index contributed by atoms with van der Waals surface area (Å²) in [6.45, 7) is 5.79. The quantitative estimate of drug-likeness (QED) is 0.656. The molecule has 1 aliphatic rings. The summed E-state index contributed by atoms with van der Waals surface area (Å²) in [6.07, 6.45) is 3.37. The van der Waals surface area contributed by atoms with E-state index in [2.05, 4.69) is 15.3 Å². The van der Waals surface area contributed by atoms with Crippen LogP contribution in [-0.2, 0) is 20.5 Å². The van der Waals surface area contributed by atoms with Crippen LogP contribution in [-0.4, -0.2) is 34.2 Å². The van der Waals surface area contributed by atoms with Gasteiger partial charge in [-0.05, 0) is 68.3 Å². The van der Waals surface area contributed by atoms with Crippen molar-refractivity contribution in [3.05, 3.63) is 77.5 Å². The van der Waals surface area contributed by atoms with Crippen LogP contribution in [0.4, 0.5) is 10.1 Å². The lowest BCUT2D eigenvalue weighted by Crippen LogP contribution is -2.55. The van der Waals surface area contributed by atoms with Crippen molar-refractivity contribution in [2.75, 3.05) is 18.5 Å². The van der Waals surface area contributed by atoms with E-state index in [4.69, 9.17) is 4.74 Å². The highest BCUT2D eigenvalue weighted by Crippen LogP contribution is 2.36. The summed E-state index contributed by atoms with van der Waals surface area (Å²) in [4.78, 5) is 21.9. The highest BCUT2D eigenvalue weighted by molar-refractivity contribution is 6.00. The molecule has 1 aliphatic heterocycles. The van der Waals surface area contributed by atoms with Gasteiger partial charge in [-0.15, -0.1) is 0 Å². The number of carbonyl (C=O) groups is 1. The Morgan fingerprint density at radius 2 is 1.84 bits per heavy atom. The van der Waals surface area contributed by atoms with E-state index >= 15 is 0 Å². The van der Waals surface area contributed by atoms with Crippen LogP contribution in [0.25, 0.3) is 11.3 Å². The predicted molar refractivity (Wildman–Crippen MR) is 115 cm³/mol. The lowest BCUT2D eigenvalue weighted by atomic mass is 9.78. The topological polar surface area (TPSA) is 84.3 Å². The molecule has 1 fully saturated rings. The molecule has 4 rings (SSSR count). The number of nitrogens with one attached hydrogen (secondary N) is 1. The van der Waals surface area contributed by atoms with Crippen LogP contribution in [0.2, 0.25) is 0 Å². The van der Waals surface area contributed by atoms with Crippen LogP contribution >= 0.6 is 0 Å². The number of aryl methyl sites for hydroxylation is 1. The van der Waals surface area contributed by atoms with Crippen molar-refractivity contribution < 1.29 is 19.0 Å². The normalized spacial score (nSPS) is 15.3. The smallest absolute Gasteiger partial charge is 0.239 e. The molecule has 0 unspecified atom stereocenters. The highest BCUT2D eigenvalue weighted by Gasteiger charge is 2.48. The second-order valence-electron chi connectivity index (χ2n) is 8.40. The average Bonchev–Trinajstić information content (AvgIpc) is 2.69. The molecule has 0 radical (unpaired) electrons. The lowest BCUT2D eigenvalue weighted by molar-refractivity contribution is -0.139. The Hall–Kier alpha value is -3.16. The second-order valence-corrected chi connectivity index (χ2v) is 8.40. The third kappa shape index (κ3) is 4.06. The number of hydrogen-bond donors (Lipinski definition) is 2. The number of ether oxygens (including phenoxy) is 1. The van der Waals surface area contributed by atoms with Gasteiger partial charge in [-0.25, -0.2) is 4.39 Å². The molecule has 6 nitrogen and oxygen atoms in total. The fourth-order valence-corrected chi connectivity index (χ4v) is 3.63. The molecule has 7 heteroatoms. The van der Waals surface area contributed by atoms with Crippen LogP contribution in [0, 0.1) is 12.7 Å². The van der Waals surface area contributed by atoms with Crippen molar-refractivity contribution in [2.45, 2.75) is 31.8 Å². The number of nitrogens with zero attached hydrogens (tertiary/aromatic N) is 2. The summed E-state index contributed by atoms with van der Waals surface area (Å²) in [5.74, 6) is -0.593. The third-order valence-corrected chi connectivity index (χ3v) is 5.53. The van der Waals surface area contributed by atoms with E-state index in [1.807, 2.05) is 25.1 Å². The van der Waals surface area contributed by atoms with Crippen molar-refractivity contribution in [2.24, 2.45) is 0 Å². The first kappa shape index (κ1) is 21.1. The summed E-state index contributed by atoms with van der Waals surface area (Å²) >= 11 is 0. The molecule has 2 N–H and O–H groups in total. The van der Waals surface area contributed by atoms with Gasteiger partial charge in [0.05, 0.1) is 24.5 Å². The van der Waals surface area contributed by atoms with E-state index in [-0.39, 0.29) is 24.9 Å². The van der Waals surface area contributed by atoms with E-state index in [0.717, 1.165) is 22.4 Å². The SMILES string of the molecule is Cc1cc(C(C)(C)O)c(-c2ccc(C3(C(=O)Nc4ccc(F)cc4)COC3)cn2)cn1. The molecule has 0 spiro atoms. The maximum atomic E-state index is 13.1. The Kier molecular flexibility index (Phi) is 5.33. The average molecular weight is 421 g/mol. The molecule has 1 amide bonds. The standard InChI is InChI=1S/C24H24FN3O3/c1-15-10-20(23(2,3)30)19(12-26-15)21-9-4-16(11-27-21)24(13-31-14-24)22(29)28-18-7-5-17(25)6-8-18/h4-12,30H,13-14H2,1-3H3,(H,28,29). The van der Waals surface area contributed by atoms with Crippen LogP contribution < -0.4 is 5.32 Å². The van der Waals surface area contributed by atoms with Crippen molar-refractivity contribution >= 4 is 11.6 Å². The molecular formula is C24H24FN3O3. The van der Waals surface area contributed by atoms with Gasteiger partial charge >= 0.3 is 0 Å². The fraction of sp³-hybridized carbons (Fsp3) is 0.292. The van der Waals surface area contributed by atoms with Crippen LogP contribution in [0.15, 0.2) is 54.9 Å². The summed E-state index contributed by atoms with van der Waals surface area (Å²) in [5, 5.41) is 13.4. The van der Waals surface area contributed by atoms with Crippen LogP contribution in [0.1, 0.15) is 30.7 Å². The van der Waals surface area contributed by atoms with Crippen molar-refractivity contribution in [3.63, 3.8) is 0 Å². The number of halogens is 1. The molecule has 2 aromatic heterocycles. The minimum absolute atomic E-state index is 0.228. The summed E-state index contributed by atoms with van der Waals surface area (Å²) < 4.78 is 18.5. The van der Waals surface area contributed by atoms with Gasteiger partial charge in [0.15, 0.2) is 0 Å². The van der Waals surface area contributed by atoms with E-state index in [1.54, 1.807) is 26.2 Å². The molecule has 1 aromatic carbocycles. The molecule has 31 heavy (non-hydrogen) atoms. The first-order valence-electron chi connectivity index (χ1n) is 10.0. The Morgan fingerprint density at radius 1 is 1.13 bits per heavy atom. The third-order valence-electron chi connectivity index (χ3n) is 5.53. The Bertz CT molecular complexity index is 1100. The van der Waals surface area contributed by atoms with Gasteiger partial charge in [-0.1, -0.05) is 6.07 Å². The van der Waals surface area contributed by atoms with Crippen LogP contribution in [0.3, 0.4) is 0 Å². The molecule has 3 aromatic rings. The number of pyridine rings is 2. The number of benzene rings is 1. The van der Waals surface area contributed by atoms with Crippen molar-refractivity contribution in [1.29, 1.82) is 0 Å². The van der Waals surface area contributed by atoms with E-state index in [0.29, 0.717) is 11.4 Å². The predicted octanol–water partition coefficient (Wildman–Crippen LogP) is 3.73. The molecule has 160 valence electrons. The minimum Gasteiger partial charge on any atom is -0.386 e. The van der Waals surface area contributed by atoms with Gasteiger partial charge in [0, 0.05) is 29.3 Å². The summed E-state index contributed by atoms with van der Waals surface area (Å²) in [6, 6.07) is 11.2. The van der Waals surface area contributed by atoms with Crippen LogP contribution in [0.5, 0.6) is 0 Å². The largest absolute Gasteiger partial charge is 0.386 e. The monoisotopic (exact) mass is 421 g/mol. The maximum absolute atomic E-state index is 13.1. The van der Waals surface area contributed by atoms with E-state index < -0.39 is 11.0 Å². The molecular weight excluding hydrogens is 397 g/mol. The van der Waals surface area contributed by atoms with E-state index in [1.165, 1.54) is 24.3 Å². The molecule has 0 atom stereocenters. The minimum atomic E-state index is -1.05. The first-order valence-corrected chi connectivity index (χ1v) is 10.0. The van der Waals surface area contributed by atoms with Gasteiger partial charge in [0.2, 0.25) is 5.91 Å². The zero-order chi connectivity index (χ0) is 22.2. The molecule has 3 heterocycles. The van der Waals surface area contributed by atoms with Gasteiger partial charge in [-0.3, -0.25) is 14.8 Å². The number of rotatable bonds is 5. The Labute approximate surface area is 180 Å². The number of amides is 1. The Morgan fingerprint density at radius 3 is 2.39 bits per heavy atom. The maximum Gasteiger partial charge on any atom is 0.239 e.